The number of rotatable bonds is 5. The maximum Gasteiger partial charge on any atom is 0.250 e. The fraction of sp³-hybridized carbons (Fsp3) is 0.714. The Hall–Kier alpha value is -0.430. The number of hydrogen-bond acceptors (Lipinski definition) is 4. The molecule has 1 saturated carbocycles. The van der Waals surface area contributed by atoms with E-state index in [1.165, 1.54) is 17.8 Å². The Bertz CT molecular complexity index is 525. The van der Waals surface area contributed by atoms with E-state index in [4.69, 9.17) is 5.73 Å². The van der Waals surface area contributed by atoms with Gasteiger partial charge in [-0.1, -0.05) is 19.8 Å². The number of hydrogen-bond donors (Lipinski definition) is 2. The van der Waals surface area contributed by atoms with Crippen LogP contribution in [0.5, 0.6) is 0 Å². The molecule has 0 aromatic carbocycles. The predicted molar refractivity (Wildman–Crippen MR) is 83.4 cm³/mol. The van der Waals surface area contributed by atoms with Crippen LogP contribution >= 0.6 is 11.3 Å². The monoisotopic (exact) mass is 316 g/mol. The number of nitrogens with one attached hydrogen (secondary N) is 1. The largest absolute Gasteiger partial charge is 0.330 e. The molecule has 4 nitrogen and oxygen atoms in total. The summed E-state index contributed by atoms with van der Waals surface area (Å²) in [4.78, 5) is 1.03. The standard InChI is InChI=1S/C14H24N2O2S2/c1-11-3-2-4-12(6-5-11)16-20(17,18)14-8-7-13(19-14)9-10-15/h7-8,11-12,16H,2-6,9-10,15H2,1H3. The fourth-order valence-electron chi connectivity index (χ4n) is 2.66. The van der Waals surface area contributed by atoms with Gasteiger partial charge in [-0.2, -0.15) is 0 Å². The summed E-state index contributed by atoms with van der Waals surface area (Å²) < 4.78 is 28.1. The van der Waals surface area contributed by atoms with E-state index < -0.39 is 10.0 Å². The van der Waals surface area contributed by atoms with Crippen LogP contribution in [0.3, 0.4) is 0 Å². The molecular weight excluding hydrogens is 292 g/mol. The molecule has 0 radical (unpaired) electrons. The van der Waals surface area contributed by atoms with Crippen LogP contribution < -0.4 is 10.5 Å². The van der Waals surface area contributed by atoms with Gasteiger partial charge in [-0.25, -0.2) is 13.1 Å². The zero-order chi connectivity index (χ0) is 14.6. The van der Waals surface area contributed by atoms with E-state index in [0.717, 1.165) is 37.0 Å². The maximum absolute atomic E-state index is 12.4. The van der Waals surface area contributed by atoms with Crippen molar-refractivity contribution in [3.8, 4) is 0 Å². The number of nitrogens with two attached hydrogens (primary N) is 1. The van der Waals surface area contributed by atoms with Crippen LogP contribution in [0, 0.1) is 5.92 Å². The lowest BCUT2D eigenvalue weighted by Crippen LogP contribution is -2.34. The van der Waals surface area contributed by atoms with Crippen molar-refractivity contribution in [3.63, 3.8) is 0 Å². The first-order valence-electron chi connectivity index (χ1n) is 7.32. The van der Waals surface area contributed by atoms with Crippen molar-refractivity contribution in [3.05, 3.63) is 17.0 Å². The predicted octanol–water partition coefficient (Wildman–Crippen LogP) is 2.50. The van der Waals surface area contributed by atoms with Gasteiger partial charge in [0, 0.05) is 10.9 Å². The molecule has 0 saturated heterocycles. The van der Waals surface area contributed by atoms with Crippen molar-refractivity contribution in [1.82, 2.24) is 4.72 Å². The normalized spacial score (nSPS) is 24.5. The van der Waals surface area contributed by atoms with Gasteiger partial charge in [0.1, 0.15) is 4.21 Å². The van der Waals surface area contributed by atoms with Gasteiger partial charge in [0.05, 0.1) is 0 Å². The van der Waals surface area contributed by atoms with E-state index in [-0.39, 0.29) is 6.04 Å². The highest BCUT2D eigenvalue weighted by molar-refractivity contribution is 7.91. The Labute approximate surface area is 125 Å². The first-order valence-corrected chi connectivity index (χ1v) is 9.62. The molecule has 1 aliphatic carbocycles. The van der Waals surface area contributed by atoms with Crippen LogP contribution in [0.1, 0.15) is 43.9 Å². The molecule has 1 fully saturated rings. The highest BCUT2D eigenvalue weighted by Crippen LogP contribution is 2.26. The fourth-order valence-corrected chi connectivity index (χ4v) is 5.35. The zero-order valence-electron chi connectivity index (χ0n) is 12.0. The summed E-state index contributed by atoms with van der Waals surface area (Å²) in [5, 5.41) is 0. The topological polar surface area (TPSA) is 72.2 Å². The first kappa shape index (κ1) is 15.9. The van der Waals surface area contributed by atoms with Gasteiger partial charge in [-0.15, -0.1) is 11.3 Å². The molecule has 1 aromatic rings. The molecule has 6 heteroatoms. The Morgan fingerprint density at radius 3 is 2.85 bits per heavy atom. The molecular formula is C14H24N2O2S2. The third kappa shape index (κ3) is 4.28. The van der Waals surface area contributed by atoms with Crippen LogP contribution in [-0.4, -0.2) is 21.0 Å². The smallest absolute Gasteiger partial charge is 0.250 e. The number of thiophene rings is 1. The second kappa shape index (κ2) is 7.02. The minimum Gasteiger partial charge on any atom is -0.330 e. The van der Waals surface area contributed by atoms with E-state index in [1.807, 2.05) is 6.07 Å². The Morgan fingerprint density at radius 2 is 2.10 bits per heavy atom. The molecule has 1 aliphatic rings. The lowest BCUT2D eigenvalue weighted by molar-refractivity contribution is 0.485. The molecule has 0 amide bonds. The van der Waals surface area contributed by atoms with Crippen LogP contribution in [0.15, 0.2) is 16.3 Å². The Morgan fingerprint density at radius 1 is 1.30 bits per heavy atom. The Balaban J connectivity index is 2.02. The molecule has 1 heterocycles. The van der Waals surface area contributed by atoms with E-state index >= 15 is 0 Å². The average molecular weight is 316 g/mol. The minimum atomic E-state index is -3.36. The zero-order valence-corrected chi connectivity index (χ0v) is 13.6. The second-order valence-electron chi connectivity index (χ2n) is 5.69. The van der Waals surface area contributed by atoms with Gasteiger partial charge in [-0.05, 0) is 50.3 Å². The summed E-state index contributed by atoms with van der Waals surface area (Å²) in [6, 6.07) is 3.64. The molecule has 0 bridgehead atoms. The Kier molecular flexibility index (Phi) is 5.60. The lowest BCUT2D eigenvalue weighted by atomic mass is 10.0. The third-order valence-corrected chi connectivity index (χ3v) is 7.03. The van der Waals surface area contributed by atoms with Crippen molar-refractivity contribution in [1.29, 1.82) is 0 Å². The van der Waals surface area contributed by atoms with Gasteiger partial charge in [0.25, 0.3) is 0 Å². The van der Waals surface area contributed by atoms with E-state index in [9.17, 15) is 8.42 Å². The molecule has 0 aliphatic heterocycles. The van der Waals surface area contributed by atoms with Crippen molar-refractivity contribution in [2.24, 2.45) is 11.7 Å². The van der Waals surface area contributed by atoms with Gasteiger partial charge >= 0.3 is 0 Å². The summed E-state index contributed by atoms with van der Waals surface area (Å²) in [5.41, 5.74) is 5.50. The molecule has 114 valence electrons. The molecule has 20 heavy (non-hydrogen) atoms. The number of sulfonamides is 1. The molecule has 3 N–H and O–H groups in total. The summed E-state index contributed by atoms with van der Waals surface area (Å²) in [6.07, 6.45) is 6.05. The molecule has 2 rings (SSSR count). The van der Waals surface area contributed by atoms with Crippen LogP contribution in [-0.2, 0) is 16.4 Å². The highest BCUT2D eigenvalue weighted by atomic mass is 32.2. The van der Waals surface area contributed by atoms with Gasteiger partial charge in [-0.3, -0.25) is 0 Å². The second-order valence-corrected chi connectivity index (χ2v) is 8.80. The van der Waals surface area contributed by atoms with Crippen molar-refractivity contribution in [2.75, 3.05) is 6.54 Å². The summed E-state index contributed by atoms with van der Waals surface area (Å²) in [6.45, 7) is 2.79. The summed E-state index contributed by atoms with van der Waals surface area (Å²) in [5.74, 6) is 0.711. The third-order valence-electron chi connectivity index (χ3n) is 3.87. The van der Waals surface area contributed by atoms with Crippen molar-refractivity contribution < 1.29 is 8.42 Å². The van der Waals surface area contributed by atoms with Gasteiger partial charge in [0.2, 0.25) is 10.0 Å². The molecule has 2 atom stereocenters. The van der Waals surface area contributed by atoms with Crippen LogP contribution in [0.25, 0.3) is 0 Å². The quantitative estimate of drug-likeness (QED) is 0.820. The van der Waals surface area contributed by atoms with Crippen LogP contribution in [0.2, 0.25) is 0 Å². The summed E-state index contributed by atoms with van der Waals surface area (Å²) in [7, 11) is -3.36. The SMILES string of the molecule is CC1CCCC(NS(=O)(=O)c2ccc(CCN)s2)CC1. The van der Waals surface area contributed by atoms with E-state index in [1.54, 1.807) is 6.07 Å². The van der Waals surface area contributed by atoms with Gasteiger partial charge in [0.15, 0.2) is 0 Å². The van der Waals surface area contributed by atoms with Crippen molar-refractivity contribution >= 4 is 21.4 Å². The lowest BCUT2D eigenvalue weighted by Gasteiger charge is -2.15. The molecule has 0 spiro atoms. The maximum atomic E-state index is 12.4. The average Bonchev–Trinajstić information content (AvgIpc) is 2.77. The van der Waals surface area contributed by atoms with Gasteiger partial charge < -0.3 is 5.73 Å². The minimum absolute atomic E-state index is 0.0880. The van der Waals surface area contributed by atoms with Crippen molar-refractivity contribution in [2.45, 2.75) is 55.7 Å². The van der Waals surface area contributed by atoms with Crippen LogP contribution in [0.4, 0.5) is 0 Å². The van der Waals surface area contributed by atoms with E-state index in [0.29, 0.717) is 16.7 Å². The first-order chi connectivity index (χ1) is 9.51. The molecule has 1 aromatic heterocycles. The summed E-state index contributed by atoms with van der Waals surface area (Å²) >= 11 is 1.33. The van der Waals surface area contributed by atoms with E-state index in [2.05, 4.69) is 11.6 Å². The highest BCUT2D eigenvalue weighted by Gasteiger charge is 2.23. The molecule has 2 unspecified atom stereocenters.